The van der Waals surface area contributed by atoms with Gasteiger partial charge in [0.25, 0.3) is 0 Å². The van der Waals surface area contributed by atoms with Crippen LogP contribution in [-0.4, -0.2) is 9.55 Å². The van der Waals surface area contributed by atoms with Gasteiger partial charge in [-0.15, -0.1) is 11.6 Å². The Kier molecular flexibility index (Phi) is 4.08. The van der Waals surface area contributed by atoms with Gasteiger partial charge in [0.05, 0.1) is 21.4 Å². The lowest BCUT2D eigenvalue weighted by atomic mass is 10.2. The van der Waals surface area contributed by atoms with Crippen LogP contribution in [0.15, 0.2) is 39.3 Å². The van der Waals surface area contributed by atoms with Crippen LogP contribution in [0.5, 0.6) is 0 Å². The normalized spacial score (nSPS) is 11.3. The van der Waals surface area contributed by atoms with Crippen LogP contribution in [0.25, 0.3) is 16.7 Å². The first-order valence-electron chi connectivity index (χ1n) is 6.19. The Hall–Kier alpha value is -0.910. The second-order valence-corrected chi connectivity index (χ2v) is 6.78. The molecular formula is C15H10Br2ClFN2. The van der Waals surface area contributed by atoms with Crippen molar-refractivity contribution in [2.24, 2.45) is 0 Å². The Bertz CT molecular complexity index is 825. The molecule has 1 heterocycles. The Balaban J connectivity index is 2.36. The predicted molar refractivity (Wildman–Crippen MR) is 90.7 cm³/mol. The summed E-state index contributed by atoms with van der Waals surface area (Å²) in [6.45, 7) is 2.00. The summed E-state index contributed by atoms with van der Waals surface area (Å²) < 4.78 is 17.1. The molecule has 108 valence electrons. The van der Waals surface area contributed by atoms with Crippen LogP contribution >= 0.6 is 43.5 Å². The van der Waals surface area contributed by atoms with E-state index in [9.17, 15) is 4.39 Å². The molecule has 0 N–H and O–H groups in total. The molecule has 1 aromatic heterocycles. The molecule has 21 heavy (non-hydrogen) atoms. The summed E-state index contributed by atoms with van der Waals surface area (Å²) in [7, 11) is 0. The Labute approximate surface area is 143 Å². The molecule has 0 radical (unpaired) electrons. The molecule has 0 amide bonds. The van der Waals surface area contributed by atoms with Crippen LogP contribution in [0.4, 0.5) is 4.39 Å². The average Bonchev–Trinajstić information content (AvgIpc) is 2.75. The van der Waals surface area contributed by atoms with Gasteiger partial charge in [-0.2, -0.15) is 0 Å². The van der Waals surface area contributed by atoms with E-state index in [1.165, 1.54) is 6.07 Å². The maximum atomic E-state index is 13.9. The second kappa shape index (κ2) is 5.71. The van der Waals surface area contributed by atoms with Gasteiger partial charge >= 0.3 is 0 Å². The summed E-state index contributed by atoms with van der Waals surface area (Å²) in [5, 5.41) is 0. The number of nitrogens with zero attached hydrogens (tertiary/aromatic N) is 2. The number of rotatable bonds is 2. The van der Waals surface area contributed by atoms with Gasteiger partial charge in [0.15, 0.2) is 0 Å². The maximum Gasteiger partial charge on any atom is 0.139 e. The van der Waals surface area contributed by atoms with Gasteiger partial charge in [-0.05, 0) is 52.7 Å². The zero-order valence-corrected chi connectivity index (χ0v) is 14.9. The van der Waals surface area contributed by atoms with E-state index in [0.29, 0.717) is 21.3 Å². The monoisotopic (exact) mass is 430 g/mol. The number of aryl methyl sites for hydroxylation is 1. The Morgan fingerprint density at radius 1 is 1.19 bits per heavy atom. The molecular weight excluding hydrogens is 422 g/mol. The third-order valence-corrected chi connectivity index (χ3v) is 4.48. The highest BCUT2D eigenvalue weighted by atomic mass is 79.9. The summed E-state index contributed by atoms with van der Waals surface area (Å²) in [5.41, 5.74) is 3.40. The van der Waals surface area contributed by atoms with Crippen molar-refractivity contribution in [2.75, 3.05) is 0 Å². The zero-order valence-electron chi connectivity index (χ0n) is 11.0. The highest BCUT2D eigenvalue weighted by Gasteiger charge is 2.15. The van der Waals surface area contributed by atoms with Crippen molar-refractivity contribution in [3.8, 4) is 5.69 Å². The van der Waals surface area contributed by atoms with E-state index >= 15 is 0 Å². The molecule has 0 saturated carbocycles. The van der Waals surface area contributed by atoms with Crippen LogP contribution in [0, 0.1) is 12.7 Å². The van der Waals surface area contributed by atoms with E-state index in [-0.39, 0.29) is 11.7 Å². The highest BCUT2D eigenvalue weighted by molar-refractivity contribution is 9.10. The maximum absolute atomic E-state index is 13.9. The van der Waals surface area contributed by atoms with Gasteiger partial charge in [0, 0.05) is 16.2 Å². The van der Waals surface area contributed by atoms with Crippen LogP contribution in [0.2, 0.25) is 0 Å². The molecule has 0 aliphatic carbocycles. The molecule has 2 aromatic carbocycles. The number of imidazole rings is 1. The molecule has 3 rings (SSSR count). The molecule has 6 heteroatoms. The molecule has 0 fully saturated rings. The summed E-state index contributed by atoms with van der Waals surface area (Å²) in [6, 6.07) is 9.13. The van der Waals surface area contributed by atoms with Crippen LogP contribution in [0.1, 0.15) is 11.4 Å². The second-order valence-electron chi connectivity index (χ2n) is 4.74. The van der Waals surface area contributed by atoms with Gasteiger partial charge in [-0.3, -0.25) is 4.57 Å². The summed E-state index contributed by atoms with van der Waals surface area (Å²) >= 11 is 12.7. The number of hydrogen-bond donors (Lipinski definition) is 0. The van der Waals surface area contributed by atoms with E-state index in [4.69, 9.17) is 11.6 Å². The minimum atomic E-state index is -0.323. The van der Waals surface area contributed by atoms with Crippen molar-refractivity contribution < 1.29 is 4.39 Å². The van der Waals surface area contributed by atoms with Crippen molar-refractivity contribution in [2.45, 2.75) is 12.8 Å². The minimum Gasteiger partial charge on any atom is -0.295 e. The van der Waals surface area contributed by atoms with Gasteiger partial charge in [0.1, 0.15) is 11.6 Å². The number of alkyl halides is 1. The zero-order chi connectivity index (χ0) is 15.1. The molecule has 0 atom stereocenters. The minimum absolute atomic E-state index is 0.249. The first-order chi connectivity index (χ1) is 9.99. The fraction of sp³-hybridized carbons (Fsp3) is 0.133. The molecule has 0 aliphatic heterocycles. The van der Waals surface area contributed by atoms with E-state index in [1.807, 2.05) is 29.7 Å². The van der Waals surface area contributed by atoms with Crippen molar-refractivity contribution in [1.82, 2.24) is 9.55 Å². The lowest BCUT2D eigenvalue weighted by molar-refractivity contribution is 0.622. The van der Waals surface area contributed by atoms with Gasteiger partial charge in [0.2, 0.25) is 0 Å². The molecule has 0 bridgehead atoms. The topological polar surface area (TPSA) is 17.8 Å². The van der Waals surface area contributed by atoms with Gasteiger partial charge in [-0.1, -0.05) is 15.9 Å². The quantitative estimate of drug-likeness (QED) is 0.473. The van der Waals surface area contributed by atoms with Crippen molar-refractivity contribution in [3.05, 3.63) is 56.5 Å². The number of hydrogen-bond acceptors (Lipinski definition) is 1. The van der Waals surface area contributed by atoms with E-state index in [1.54, 1.807) is 6.07 Å². The van der Waals surface area contributed by atoms with Crippen LogP contribution < -0.4 is 0 Å². The Morgan fingerprint density at radius 3 is 2.62 bits per heavy atom. The molecule has 0 unspecified atom stereocenters. The number of fused-ring (bicyclic) bond motifs is 1. The number of aromatic nitrogens is 2. The first kappa shape index (κ1) is 15.0. The standard InChI is InChI=1S/C15H10Br2ClFN2/c1-8-2-9(16)4-10(3-8)21-14-6-12(19)11(17)5-13(14)20-15(21)7-18/h2-6H,7H2,1H3. The number of benzene rings is 2. The fourth-order valence-electron chi connectivity index (χ4n) is 2.35. The predicted octanol–water partition coefficient (Wildman–Crippen LogP) is 5.74. The van der Waals surface area contributed by atoms with Crippen LogP contribution in [-0.2, 0) is 5.88 Å². The summed E-state index contributed by atoms with van der Waals surface area (Å²) in [4.78, 5) is 4.49. The third-order valence-electron chi connectivity index (χ3n) is 3.17. The average molecular weight is 433 g/mol. The smallest absolute Gasteiger partial charge is 0.139 e. The number of halogens is 4. The van der Waals surface area contributed by atoms with E-state index < -0.39 is 0 Å². The molecule has 0 aliphatic rings. The molecule has 0 spiro atoms. The first-order valence-corrected chi connectivity index (χ1v) is 8.31. The van der Waals surface area contributed by atoms with Crippen molar-refractivity contribution >= 4 is 54.5 Å². The van der Waals surface area contributed by atoms with E-state index in [0.717, 1.165) is 15.7 Å². The lowest BCUT2D eigenvalue weighted by Gasteiger charge is -2.10. The van der Waals surface area contributed by atoms with Gasteiger partial charge < -0.3 is 0 Å². The third kappa shape index (κ3) is 2.74. The fourth-order valence-corrected chi connectivity index (χ4v) is 3.45. The van der Waals surface area contributed by atoms with Crippen LogP contribution in [0.3, 0.4) is 0 Å². The van der Waals surface area contributed by atoms with Crippen molar-refractivity contribution in [3.63, 3.8) is 0 Å². The largest absolute Gasteiger partial charge is 0.295 e. The summed E-state index contributed by atoms with van der Waals surface area (Å²) in [6.07, 6.45) is 0. The molecule has 3 aromatic rings. The SMILES string of the molecule is Cc1cc(Br)cc(-n2c(CCl)nc3cc(Br)c(F)cc32)c1. The van der Waals surface area contributed by atoms with Gasteiger partial charge in [-0.25, -0.2) is 9.37 Å². The highest BCUT2D eigenvalue weighted by Crippen LogP contribution is 2.29. The summed E-state index contributed by atoms with van der Waals surface area (Å²) in [5.74, 6) is 0.609. The lowest BCUT2D eigenvalue weighted by Crippen LogP contribution is -2.00. The molecule has 0 saturated heterocycles. The van der Waals surface area contributed by atoms with Crippen molar-refractivity contribution in [1.29, 1.82) is 0 Å². The van der Waals surface area contributed by atoms with E-state index in [2.05, 4.69) is 36.8 Å². The Morgan fingerprint density at radius 2 is 1.95 bits per heavy atom. The molecule has 2 nitrogen and oxygen atoms in total.